The maximum absolute atomic E-state index is 12.6. The predicted molar refractivity (Wildman–Crippen MR) is 225 cm³/mol. The van der Waals surface area contributed by atoms with Gasteiger partial charge in [0.1, 0.15) is 26.7 Å². The van der Waals surface area contributed by atoms with Crippen molar-refractivity contribution in [1.29, 1.82) is 0 Å². The summed E-state index contributed by atoms with van der Waals surface area (Å²) >= 11 is 2.29. The number of aromatic nitrogens is 4. The van der Waals surface area contributed by atoms with Gasteiger partial charge in [-0.25, -0.2) is 24.5 Å². The number of amides is 2. The molecule has 4 N–H and O–H groups in total. The zero-order valence-electron chi connectivity index (χ0n) is 31.8. The number of carboxylic acid groups (broad SMARTS) is 2. The van der Waals surface area contributed by atoms with Crippen LogP contribution in [0.1, 0.15) is 73.5 Å². The number of benzene rings is 1. The van der Waals surface area contributed by atoms with Crippen molar-refractivity contribution in [3.63, 3.8) is 0 Å². The lowest BCUT2D eigenvalue weighted by Gasteiger charge is -2.26. The summed E-state index contributed by atoms with van der Waals surface area (Å²) in [5, 5.41) is 29.6. The van der Waals surface area contributed by atoms with Gasteiger partial charge in [-0.05, 0) is 63.4 Å². The normalized spacial score (nSPS) is 12.3. The second-order valence-corrected chi connectivity index (χ2v) is 14.9. The fraction of sp³-hybridized carbons (Fsp3) is 0.190. The molecule has 15 nitrogen and oxygen atoms in total. The number of furan rings is 1. The Hall–Kier alpha value is -6.98. The highest BCUT2D eigenvalue weighted by Gasteiger charge is 2.25. The molecule has 7 aromatic rings. The summed E-state index contributed by atoms with van der Waals surface area (Å²) in [4.78, 5) is 68.3. The molecule has 6 aromatic heterocycles. The number of hydrogen-bond acceptors (Lipinski definition) is 13. The number of anilines is 3. The Morgan fingerprint density at radius 1 is 0.814 bits per heavy atom. The van der Waals surface area contributed by atoms with Crippen molar-refractivity contribution in [1.82, 2.24) is 19.9 Å². The molecule has 0 radical (unpaired) electrons. The van der Waals surface area contributed by atoms with E-state index in [1.807, 2.05) is 32.0 Å². The van der Waals surface area contributed by atoms with E-state index in [1.165, 1.54) is 12.6 Å². The number of pyridine rings is 2. The number of hydrogen-bond donors (Lipinski definition) is 4. The Morgan fingerprint density at radius 3 is 2.17 bits per heavy atom. The first-order valence-electron chi connectivity index (χ1n) is 18.5. The van der Waals surface area contributed by atoms with Crippen molar-refractivity contribution in [3.05, 3.63) is 118 Å². The molecule has 1 fully saturated rings. The molecule has 1 aromatic carbocycles. The van der Waals surface area contributed by atoms with Crippen LogP contribution in [0.4, 0.5) is 16.0 Å². The third kappa shape index (κ3) is 9.11. The molecule has 0 spiro atoms. The first kappa shape index (κ1) is 40.2. The molecule has 300 valence electrons. The number of thiophene rings is 2. The molecule has 0 bridgehead atoms. The van der Waals surface area contributed by atoms with E-state index >= 15 is 0 Å². The molecule has 7 heterocycles. The number of nitrogens with zero attached hydrogens (tertiary/aromatic N) is 5. The van der Waals surface area contributed by atoms with Gasteiger partial charge in [-0.2, -0.15) is 0 Å². The van der Waals surface area contributed by atoms with Gasteiger partial charge in [0.05, 0.1) is 17.9 Å². The standard InChI is InChI=1S/C21H21N5O3S.C21H16N2O5S/c1-13-15(11-23-21(24-13)26-8-3-2-4-9-26)16-12-30-19(17(16)20(28)29)25-18(27)14-6-5-7-22-10-14;1-2-27-17-8-7-13(10-22-17)14-11-29-20(18(14)21(25)26)23-19(24)16-9-12-5-3-4-6-15(12)28-16/h5-7,10-12H,2-4,8-9H2,1H3,(H,25,27)(H,28,29);3-11H,2H2,1H3,(H,23,24)(H,25,26). The summed E-state index contributed by atoms with van der Waals surface area (Å²) in [6, 6.07) is 15.6. The van der Waals surface area contributed by atoms with Crippen LogP contribution in [0.5, 0.6) is 5.88 Å². The molecular formula is C42H37N7O8S2. The van der Waals surface area contributed by atoms with Gasteiger partial charge in [-0.15, -0.1) is 22.7 Å². The monoisotopic (exact) mass is 831 g/mol. The minimum Gasteiger partial charge on any atom is -0.478 e. The van der Waals surface area contributed by atoms with Gasteiger partial charge in [-0.1, -0.05) is 18.2 Å². The van der Waals surface area contributed by atoms with Crippen LogP contribution >= 0.6 is 22.7 Å². The number of carbonyl (C=O) groups is 4. The van der Waals surface area contributed by atoms with E-state index in [9.17, 15) is 29.4 Å². The number of carbonyl (C=O) groups excluding carboxylic acids is 2. The van der Waals surface area contributed by atoms with Crippen molar-refractivity contribution in [3.8, 4) is 28.1 Å². The van der Waals surface area contributed by atoms with E-state index < -0.39 is 23.8 Å². The molecule has 1 aliphatic heterocycles. The Kier molecular flexibility index (Phi) is 12.3. The second-order valence-electron chi connectivity index (χ2n) is 13.2. The van der Waals surface area contributed by atoms with Gasteiger partial charge in [0.2, 0.25) is 11.8 Å². The summed E-state index contributed by atoms with van der Waals surface area (Å²) in [6.07, 6.45) is 9.69. The van der Waals surface area contributed by atoms with E-state index in [2.05, 4.69) is 35.5 Å². The van der Waals surface area contributed by atoms with Crippen LogP contribution in [0.2, 0.25) is 0 Å². The lowest BCUT2D eigenvalue weighted by Crippen LogP contribution is -2.31. The van der Waals surface area contributed by atoms with Crippen molar-refractivity contribution in [2.75, 3.05) is 35.2 Å². The van der Waals surface area contributed by atoms with E-state index in [0.29, 0.717) is 57.5 Å². The molecule has 1 aliphatic rings. The second kappa shape index (κ2) is 18.1. The topological polar surface area (TPSA) is 210 Å². The van der Waals surface area contributed by atoms with Gasteiger partial charge in [0.15, 0.2) is 5.76 Å². The fourth-order valence-electron chi connectivity index (χ4n) is 6.40. The molecule has 8 rings (SSSR count). The average molecular weight is 832 g/mol. The van der Waals surface area contributed by atoms with Crippen molar-refractivity contribution >= 4 is 73.3 Å². The first-order valence-corrected chi connectivity index (χ1v) is 20.3. The lowest BCUT2D eigenvalue weighted by molar-refractivity contribution is 0.0688. The molecule has 59 heavy (non-hydrogen) atoms. The number of carboxylic acids is 2. The predicted octanol–water partition coefficient (Wildman–Crippen LogP) is 8.75. The van der Waals surface area contributed by atoms with Crippen LogP contribution in [-0.4, -0.2) is 73.6 Å². The average Bonchev–Trinajstić information content (AvgIpc) is 4.00. The Morgan fingerprint density at radius 2 is 1.53 bits per heavy atom. The van der Waals surface area contributed by atoms with Crippen molar-refractivity contribution < 1.29 is 38.5 Å². The van der Waals surface area contributed by atoms with Gasteiger partial charge < -0.3 is 34.9 Å². The third-order valence-electron chi connectivity index (χ3n) is 9.27. The van der Waals surface area contributed by atoms with Crippen LogP contribution in [0.3, 0.4) is 0 Å². The van der Waals surface area contributed by atoms with Crippen LogP contribution in [0.15, 0.2) is 94.6 Å². The number of ether oxygens (including phenoxy) is 1. The number of aromatic carboxylic acids is 2. The third-order valence-corrected chi connectivity index (χ3v) is 11.1. The Balaban J connectivity index is 0.000000179. The summed E-state index contributed by atoms with van der Waals surface area (Å²) in [5.41, 5.74) is 3.92. The van der Waals surface area contributed by atoms with Crippen molar-refractivity contribution in [2.24, 2.45) is 0 Å². The molecule has 17 heteroatoms. The molecule has 0 saturated carbocycles. The quantitative estimate of drug-likeness (QED) is 0.0962. The van der Waals surface area contributed by atoms with E-state index in [4.69, 9.17) is 9.15 Å². The summed E-state index contributed by atoms with van der Waals surface area (Å²) in [7, 11) is 0. The molecule has 1 saturated heterocycles. The van der Waals surface area contributed by atoms with Crippen LogP contribution in [0.25, 0.3) is 33.2 Å². The fourth-order valence-corrected chi connectivity index (χ4v) is 8.31. The highest BCUT2D eigenvalue weighted by molar-refractivity contribution is 7.15. The molecular weight excluding hydrogens is 795 g/mol. The van der Waals surface area contributed by atoms with Gasteiger partial charge in [-0.3, -0.25) is 14.6 Å². The van der Waals surface area contributed by atoms with E-state index in [-0.39, 0.29) is 26.9 Å². The first-order chi connectivity index (χ1) is 28.6. The van der Waals surface area contributed by atoms with Crippen LogP contribution in [-0.2, 0) is 0 Å². The van der Waals surface area contributed by atoms with Gasteiger partial charge in [0.25, 0.3) is 11.8 Å². The maximum Gasteiger partial charge on any atom is 0.339 e. The van der Waals surface area contributed by atoms with Crippen LogP contribution in [0, 0.1) is 6.92 Å². The van der Waals surface area contributed by atoms with Gasteiger partial charge in [0, 0.05) is 82.3 Å². The zero-order valence-corrected chi connectivity index (χ0v) is 33.4. The number of piperidine rings is 1. The highest BCUT2D eigenvalue weighted by atomic mass is 32.1. The van der Waals surface area contributed by atoms with Crippen molar-refractivity contribution in [2.45, 2.75) is 33.1 Å². The summed E-state index contributed by atoms with van der Waals surface area (Å²) in [6.45, 7) is 6.06. The Labute approximate surface area is 345 Å². The highest BCUT2D eigenvalue weighted by Crippen LogP contribution is 2.38. The lowest BCUT2D eigenvalue weighted by atomic mass is 10.0. The van der Waals surface area contributed by atoms with E-state index in [1.54, 1.807) is 65.7 Å². The number of aryl methyl sites for hydroxylation is 1. The van der Waals surface area contributed by atoms with E-state index in [0.717, 1.165) is 54.0 Å². The molecule has 0 aliphatic carbocycles. The SMILES string of the molecule is CCOc1ccc(-c2csc(NC(=O)c3cc4ccccc4o3)c2C(=O)O)cn1.Cc1nc(N2CCCCC2)ncc1-c1csc(NC(=O)c2cccnc2)c1C(=O)O. The number of fused-ring (bicyclic) bond motifs is 1. The van der Waals surface area contributed by atoms with Crippen LogP contribution < -0.4 is 20.3 Å². The number of rotatable bonds is 11. The Bertz CT molecular complexity index is 2600. The smallest absolute Gasteiger partial charge is 0.339 e. The zero-order chi connectivity index (χ0) is 41.5. The molecule has 0 atom stereocenters. The van der Waals surface area contributed by atoms with Gasteiger partial charge >= 0.3 is 11.9 Å². The maximum atomic E-state index is 12.6. The minimum absolute atomic E-state index is 0.00502. The molecule has 2 amide bonds. The number of para-hydroxylation sites is 1. The summed E-state index contributed by atoms with van der Waals surface area (Å²) < 4.78 is 10.9. The largest absolute Gasteiger partial charge is 0.478 e. The minimum atomic E-state index is -1.14. The summed E-state index contributed by atoms with van der Waals surface area (Å²) in [5.74, 6) is -1.94. The molecule has 0 unspecified atom stereocenters. The number of nitrogens with one attached hydrogen (secondary N) is 2.